The largest absolute Gasteiger partial charge is 0.454 e. The van der Waals surface area contributed by atoms with Crippen LogP contribution in [0.1, 0.15) is 74.3 Å². The second-order valence-electron chi connectivity index (χ2n) is 11.2. The van der Waals surface area contributed by atoms with Crippen molar-refractivity contribution < 1.29 is 23.3 Å². The number of fused-ring (bicyclic) bond motifs is 2. The van der Waals surface area contributed by atoms with E-state index in [1.54, 1.807) is 6.07 Å². The summed E-state index contributed by atoms with van der Waals surface area (Å²) in [5.41, 5.74) is 1.70. The van der Waals surface area contributed by atoms with Gasteiger partial charge in [0.1, 0.15) is 17.1 Å². The van der Waals surface area contributed by atoms with Crippen LogP contribution in [0.5, 0.6) is 0 Å². The number of carbonyl (C=O) groups is 1. The fourth-order valence-electron chi connectivity index (χ4n) is 5.46. The zero-order valence-corrected chi connectivity index (χ0v) is 22.5. The van der Waals surface area contributed by atoms with Crippen LogP contribution in [-0.4, -0.2) is 40.6 Å². The molecular weight excluding hydrogens is 517 g/mol. The summed E-state index contributed by atoms with van der Waals surface area (Å²) in [7, 11) is 0. The molecule has 6 rings (SSSR count). The summed E-state index contributed by atoms with van der Waals surface area (Å²) in [6.45, 7) is 6.65. The average Bonchev–Trinajstić information content (AvgIpc) is 3.20. The predicted octanol–water partition coefficient (Wildman–Crippen LogP) is 6.65. The van der Waals surface area contributed by atoms with E-state index in [2.05, 4.69) is 15.2 Å². The number of hydrogen-bond acceptors (Lipinski definition) is 8. The monoisotopic (exact) mass is 545 g/mol. The van der Waals surface area contributed by atoms with Crippen LogP contribution in [0.2, 0.25) is 10.0 Å². The highest BCUT2D eigenvalue weighted by Crippen LogP contribution is 2.47. The van der Waals surface area contributed by atoms with Gasteiger partial charge in [-0.25, -0.2) is 4.79 Å². The van der Waals surface area contributed by atoms with E-state index in [9.17, 15) is 4.79 Å². The van der Waals surface area contributed by atoms with Crippen molar-refractivity contribution in [3.63, 3.8) is 0 Å². The molecule has 3 fully saturated rings. The minimum atomic E-state index is -0.595. The summed E-state index contributed by atoms with van der Waals surface area (Å²) in [5.74, 6) is 1.88. The van der Waals surface area contributed by atoms with Gasteiger partial charge < -0.3 is 23.4 Å². The number of hydrogen-bond donors (Lipinski definition) is 0. The summed E-state index contributed by atoms with van der Waals surface area (Å²) in [4.78, 5) is 14.5. The highest BCUT2D eigenvalue weighted by molar-refractivity contribution is 6.39. The minimum absolute atomic E-state index is 0.106. The van der Waals surface area contributed by atoms with Gasteiger partial charge >= 0.3 is 5.97 Å². The zero-order valence-electron chi connectivity index (χ0n) is 21.0. The molecule has 1 saturated heterocycles. The Labute approximate surface area is 225 Å². The Hall–Kier alpha value is -2.55. The molecular formula is C27H29Cl2N3O5. The lowest BCUT2D eigenvalue weighted by Gasteiger charge is -2.31. The van der Waals surface area contributed by atoms with Gasteiger partial charge in [0.15, 0.2) is 5.82 Å². The topological polar surface area (TPSA) is 90.8 Å². The molecule has 3 aromatic rings. The second kappa shape index (κ2) is 9.33. The van der Waals surface area contributed by atoms with E-state index in [0.717, 1.165) is 43.6 Å². The number of esters is 1. The minimum Gasteiger partial charge on any atom is -0.454 e. The lowest BCUT2D eigenvalue weighted by Crippen LogP contribution is -2.38. The van der Waals surface area contributed by atoms with Crippen molar-refractivity contribution in [3.8, 4) is 11.3 Å². The summed E-state index contributed by atoms with van der Waals surface area (Å²) < 4.78 is 23.0. The van der Waals surface area contributed by atoms with Crippen molar-refractivity contribution >= 4 is 35.0 Å². The molecule has 0 N–H and O–H groups in total. The molecule has 2 saturated carbocycles. The number of benzene rings is 1. The van der Waals surface area contributed by atoms with Crippen molar-refractivity contribution in [2.24, 2.45) is 5.92 Å². The molecule has 2 bridgehead atoms. The molecule has 0 radical (unpaired) electrons. The maximum atomic E-state index is 12.3. The molecule has 0 amide bonds. The van der Waals surface area contributed by atoms with E-state index in [1.807, 2.05) is 39.0 Å². The van der Waals surface area contributed by atoms with E-state index in [4.69, 9.17) is 41.7 Å². The number of rotatable bonds is 7. The first-order valence-corrected chi connectivity index (χ1v) is 13.4. The van der Waals surface area contributed by atoms with Gasteiger partial charge in [-0.2, -0.15) is 0 Å². The van der Waals surface area contributed by atoms with E-state index < -0.39 is 11.6 Å². The van der Waals surface area contributed by atoms with Gasteiger partial charge in [-0.05, 0) is 58.6 Å². The first-order chi connectivity index (χ1) is 17.7. The normalized spacial score (nSPS) is 23.2. The molecule has 2 aliphatic carbocycles. The van der Waals surface area contributed by atoms with Crippen LogP contribution in [-0.2, 0) is 16.1 Å². The van der Waals surface area contributed by atoms with Gasteiger partial charge in [0.25, 0.3) is 0 Å². The van der Waals surface area contributed by atoms with Crippen LogP contribution in [0.25, 0.3) is 11.3 Å². The van der Waals surface area contributed by atoms with Crippen molar-refractivity contribution in [2.45, 2.75) is 76.7 Å². The number of ether oxygens (including phenoxy) is 2. The molecule has 2 aromatic heterocycles. The molecule has 3 atom stereocenters. The third-order valence-electron chi connectivity index (χ3n) is 7.28. The van der Waals surface area contributed by atoms with Gasteiger partial charge in [0.05, 0.1) is 22.8 Å². The molecule has 3 heterocycles. The molecule has 0 spiro atoms. The van der Waals surface area contributed by atoms with Crippen LogP contribution in [0.3, 0.4) is 0 Å². The van der Waals surface area contributed by atoms with Crippen molar-refractivity contribution in [2.75, 3.05) is 11.4 Å². The molecule has 1 aliphatic heterocycles. The fourth-order valence-corrected chi connectivity index (χ4v) is 6.03. The fraction of sp³-hybridized carbons (Fsp3) is 0.519. The number of piperidine rings is 1. The third-order valence-corrected chi connectivity index (χ3v) is 7.91. The Morgan fingerprint density at radius 2 is 1.89 bits per heavy atom. The maximum absolute atomic E-state index is 12.3. The van der Waals surface area contributed by atoms with Crippen LogP contribution in [0.15, 0.2) is 33.3 Å². The summed E-state index contributed by atoms with van der Waals surface area (Å²) >= 11 is 13.0. The summed E-state index contributed by atoms with van der Waals surface area (Å²) in [6.07, 6.45) is 4.15. The number of halogens is 2. The molecule has 0 unspecified atom stereocenters. The molecule has 3 aliphatic rings. The SMILES string of the molecule is CC(C)(C)OC(=O)c1cc(N2C[C@@H]3C[C@H]2C[C@H]3OCc2c(-c3c(Cl)cccc3Cl)noc2C2CC2)no1. The van der Waals surface area contributed by atoms with E-state index in [-0.39, 0.29) is 17.9 Å². The number of nitrogens with zero attached hydrogens (tertiary/aromatic N) is 3. The van der Waals surface area contributed by atoms with E-state index in [0.29, 0.717) is 45.6 Å². The van der Waals surface area contributed by atoms with Gasteiger partial charge in [-0.3, -0.25) is 0 Å². The standard InChI is InChI=1S/C27H29Cl2N3O5/c1-27(2,3)35-26(33)21-11-22(30-36-21)32-12-15-9-16(32)10-20(15)34-13-17-24(31-37-25(17)14-7-8-14)23-18(28)5-4-6-19(23)29/h4-6,11,14-16,20H,7-10,12-13H2,1-3H3/t15-,16-,20+/m0/s1. The van der Waals surface area contributed by atoms with Crippen LogP contribution in [0.4, 0.5) is 5.82 Å². The molecule has 10 heteroatoms. The van der Waals surface area contributed by atoms with Crippen LogP contribution in [0, 0.1) is 5.92 Å². The van der Waals surface area contributed by atoms with Gasteiger partial charge in [0, 0.05) is 41.6 Å². The van der Waals surface area contributed by atoms with Crippen LogP contribution >= 0.6 is 23.2 Å². The van der Waals surface area contributed by atoms with Crippen molar-refractivity contribution in [3.05, 3.63) is 51.4 Å². The first-order valence-electron chi connectivity index (χ1n) is 12.7. The van der Waals surface area contributed by atoms with E-state index in [1.165, 1.54) is 0 Å². The molecule has 1 aromatic carbocycles. The van der Waals surface area contributed by atoms with Gasteiger partial charge in [-0.1, -0.05) is 39.6 Å². The smallest absolute Gasteiger partial charge is 0.377 e. The Bertz CT molecular complexity index is 1310. The Kier molecular flexibility index (Phi) is 6.24. The number of anilines is 1. The molecule has 196 valence electrons. The first kappa shape index (κ1) is 24.8. The zero-order chi connectivity index (χ0) is 25.9. The predicted molar refractivity (Wildman–Crippen MR) is 138 cm³/mol. The summed E-state index contributed by atoms with van der Waals surface area (Å²) in [6, 6.07) is 7.37. The average molecular weight is 546 g/mol. The Morgan fingerprint density at radius 3 is 2.54 bits per heavy atom. The number of carbonyl (C=O) groups excluding carboxylic acids is 1. The highest BCUT2D eigenvalue weighted by Gasteiger charge is 2.47. The Balaban J connectivity index is 1.14. The second-order valence-corrected chi connectivity index (χ2v) is 12.0. The highest BCUT2D eigenvalue weighted by atomic mass is 35.5. The van der Waals surface area contributed by atoms with Gasteiger partial charge in [-0.15, -0.1) is 0 Å². The lowest BCUT2D eigenvalue weighted by molar-refractivity contribution is 0.00277. The molecule has 37 heavy (non-hydrogen) atoms. The lowest BCUT2D eigenvalue weighted by atomic mass is 10.0. The van der Waals surface area contributed by atoms with E-state index >= 15 is 0 Å². The van der Waals surface area contributed by atoms with Gasteiger partial charge in [0.2, 0.25) is 5.76 Å². The van der Waals surface area contributed by atoms with Crippen molar-refractivity contribution in [1.29, 1.82) is 0 Å². The third kappa shape index (κ3) is 4.87. The number of aromatic nitrogens is 2. The van der Waals surface area contributed by atoms with Crippen LogP contribution < -0.4 is 4.90 Å². The quantitative estimate of drug-likeness (QED) is 0.304. The summed E-state index contributed by atoms with van der Waals surface area (Å²) in [5, 5.41) is 9.59. The molecule has 8 nitrogen and oxygen atoms in total. The maximum Gasteiger partial charge on any atom is 0.377 e. The Morgan fingerprint density at radius 1 is 1.14 bits per heavy atom. The van der Waals surface area contributed by atoms with Crippen molar-refractivity contribution in [1.82, 2.24) is 10.3 Å².